The lowest BCUT2D eigenvalue weighted by atomic mass is 9.92. The molecule has 1 aromatic carbocycles. The maximum absolute atomic E-state index is 12.2. The summed E-state index contributed by atoms with van der Waals surface area (Å²) in [6.45, 7) is 3.34. The lowest BCUT2D eigenvalue weighted by Crippen LogP contribution is -2.30. The molecule has 0 amide bonds. The van der Waals surface area contributed by atoms with Crippen molar-refractivity contribution in [1.82, 2.24) is 4.72 Å². The Bertz CT molecular complexity index is 1080. The number of nitrogens with one attached hydrogen (secondary N) is 2. The van der Waals surface area contributed by atoms with E-state index in [1.807, 2.05) is 18.2 Å². The van der Waals surface area contributed by atoms with Crippen molar-refractivity contribution in [2.24, 2.45) is 0 Å². The van der Waals surface area contributed by atoms with E-state index < -0.39 is 25.3 Å². The zero-order chi connectivity index (χ0) is 20.5. The second-order valence-electron chi connectivity index (χ2n) is 7.56. The first-order chi connectivity index (χ1) is 13.0. The van der Waals surface area contributed by atoms with Gasteiger partial charge >= 0.3 is 0 Å². The standard InChI is InChI=1S/C20H26N2O4S2/c1-14(2)28(25,26)22-20-10-8-17-12-16(7-9-19(17)20)11-15-5-4-6-18(13-15)21-27(3,23)24/h4-7,12-14,21-22H,8-11H2,1-3H3. The van der Waals surface area contributed by atoms with Gasteiger partial charge in [-0.15, -0.1) is 0 Å². The quantitative estimate of drug-likeness (QED) is 0.706. The van der Waals surface area contributed by atoms with Gasteiger partial charge in [0, 0.05) is 11.4 Å². The van der Waals surface area contributed by atoms with Gasteiger partial charge in [-0.1, -0.05) is 24.3 Å². The predicted molar refractivity (Wildman–Crippen MR) is 113 cm³/mol. The smallest absolute Gasteiger partial charge is 0.234 e. The van der Waals surface area contributed by atoms with Gasteiger partial charge in [0.1, 0.15) is 0 Å². The lowest BCUT2D eigenvalue weighted by molar-refractivity contribution is 0.578. The summed E-state index contributed by atoms with van der Waals surface area (Å²) in [5, 5.41) is -0.462. The van der Waals surface area contributed by atoms with Crippen LogP contribution >= 0.6 is 0 Å². The summed E-state index contributed by atoms with van der Waals surface area (Å²) in [7, 11) is -6.63. The number of fused-ring (bicyclic) bond motifs is 1. The van der Waals surface area contributed by atoms with Gasteiger partial charge in [0.25, 0.3) is 0 Å². The Labute approximate surface area is 167 Å². The minimum Gasteiger partial charge on any atom is -0.287 e. The fourth-order valence-corrected chi connectivity index (χ4v) is 4.76. The molecule has 0 atom stereocenters. The molecule has 2 N–H and O–H groups in total. The Morgan fingerprint density at radius 1 is 1.07 bits per heavy atom. The Morgan fingerprint density at radius 2 is 1.82 bits per heavy atom. The summed E-state index contributed by atoms with van der Waals surface area (Å²) in [6, 6.07) is 7.36. The van der Waals surface area contributed by atoms with Gasteiger partial charge < -0.3 is 0 Å². The summed E-state index contributed by atoms with van der Waals surface area (Å²) in [5.41, 5.74) is 5.81. The summed E-state index contributed by atoms with van der Waals surface area (Å²) in [5.74, 6) is 0. The van der Waals surface area contributed by atoms with Gasteiger partial charge in [0.05, 0.1) is 11.5 Å². The van der Waals surface area contributed by atoms with Crippen molar-refractivity contribution in [2.75, 3.05) is 11.0 Å². The van der Waals surface area contributed by atoms with Crippen LogP contribution in [0.15, 0.2) is 58.8 Å². The maximum atomic E-state index is 12.2. The van der Waals surface area contributed by atoms with Gasteiger partial charge in [0.2, 0.25) is 20.0 Å². The van der Waals surface area contributed by atoms with Crippen LogP contribution in [0.25, 0.3) is 0 Å². The fourth-order valence-electron chi connectivity index (χ4n) is 3.40. The second-order valence-corrected chi connectivity index (χ2v) is 11.5. The molecule has 8 heteroatoms. The van der Waals surface area contributed by atoms with E-state index in [1.165, 1.54) is 5.57 Å². The van der Waals surface area contributed by atoms with Gasteiger partial charge in [-0.2, -0.15) is 0 Å². The molecule has 1 aromatic rings. The highest BCUT2D eigenvalue weighted by atomic mass is 32.2. The second kappa shape index (κ2) is 7.75. The van der Waals surface area contributed by atoms with Crippen molar-refractivity contribution >= 4 is 25.7 Å². The topological polar surface area (TPSA) is 92.3 Å². The minimum atomic E-state index is -3.33. The molecule has 2 aliphatic rings. The molecule has 6 nitrogen and oxygen atoms in total. The van der Waals surface area contributed by atoms with E-state index in [0.29, 0.717) is 24.9 Å². The van der Waals surface area contributed by atoms with E-state index in [-0.39, 0.29) is 0 Å². The maximum Gasteiger partial charge on any atom is 0.234 e. The van der Waals surface area contributed by atoms with Crippen LogP contribution in [-0.4, -0.2) is 28.3 Å². The van der Waals surface area contributed by atoms with Crippen molar-refractivity contribution in [3.63, 3.8) is 0 Å². The third-order valence-corrected chi connectivity index (χ3v) is 7.23. The molecule has 0 bridgehead atoms. The molecule has 0 saturated carbocycles. The van der Waals surface area contributed by atoms with Crippen LogP contribution in [0.4, 0.5) is 5.69 Å². The predicted octanol–water partition coefficient (Wildman–Crippen LogP) is 3.23. The molecule has 0 unspecified atom stereocenters. The monoisotopic (exact) mass is 422 g/mol. The molecule has 28 heavy (non-hydrogen) atoms. The number of hydrogen-bond acceptors (Lipinski definition) is 4. The molecule has 0 spiro atoms. The van der Waals surface area contributed by atoms with Crippen LogP contribution in [0.2, 0.25) is 0 Å². The number of sulfonamides is 2. The van der Waals surface area contributed by atoms with Crippen molar-refractivity contribution in [3.05, 3.63) is 64.4 Å². The molecule has 3 rings (SSSR count). The van der Waals surface area contributed by atoms with E-state index >= 15 is 0 Å². The van der Waals surface area contributed by atoms with Crippen molar-refractivity contribution in [1.29, 1.82) is 0 Å². The van der Waals surface area contributed by atoms with Crippen molar-refractivity contribution < 1.29 is 16.8 Å². The highest BCUT2D eigenvalue weighted by molar-refractivity contribution is 7.92. The highest BCUT2D eigenvalue weighted by Gasteiger charge is 2.26. The molecule has 0 heterocycles. The van der Waals surface area contributed by atoms with Crippen LogP contribution in [0.1, 0.15) is 38.7 Å². The molecule has 0 radical (unpaired) electrons. The lowest BCUT2D eigenvalue weighted by Gasteiger charge is -2.16. The summed E-state index contributed by atoms with van der Waals surface area (Å²) in [6.07, 6.45) is 8.32. The normalized spacial score (nSPS) is 17.3. The van der Waals surface area contributed by atoms with Gasteiger partial charge in [-0.25, -0.2) is 16.8 Å². The van der Waals surface area contributed by atoms with E-state index in [9.17, 15) is 16.8 Å². The Kier molecular flexibility index (Phi) is 5.72. The largest absolute Gasteiger partial charge is 0.287 e. The number of rotatable bonds is 7. The molecular formula is C20H26N2O4S2. The first-order valence-corrected chi connectivity index (χ1v) is 12.7. The molecule has 152 valence electrons. The third kappa shape index (κ3) is 5.05. The molecule has 0 aromatic heterocycles. The number of allylic oxidation sites excluding steroid dienone is 6. The Morgan fingerprint density at radius 3 is 2.50 bits per heavy atom. The average molecular weight is 423 g/mol. The number of hydrogen-bond donors (Lipinski definition) is 2. The van der Waals surface area contributed by atoms with Gasteiger partial charge in [0.15, 0.2) is 0 Å². The molecule has 2 aliphatic carbocycles. The van der Waals surface area contributed by atoms with Crippen molar-refractivity contribution in [3.8, 4) is 0 Å². The van der Waals surface area contributed by atoms with Crippen LogP contribution < -0.4 is 9.44 Å². The Balaban J connectivity index is 1.74. The molecule has 0 saturated heterocycles. The summed E-state index contributed by atoms with van der Waals surface area (Å²) < 4.78 is 52.4. The average Bonchev–Trinajstić information content (AvgIpc) is 2.95. The van der Waals surface area contributed by atoms with Gasteiger partial charge in [-0.05, 0) is 73.9 Å². The summed E-state index contributed by atoms with van der Waals surface area (Å²) in [4.78, 5) is 0. The Hall–Kier alpha value is -2.06. The first kappa shape index (κ1) is 20.7. The van der Waals surface area contributed by atoms with E-state index in [4.69, 9.17) is 0 Å². The number of anilines is 1. The van der Waals surface area contributed by atoms with Crippen LogP contribution in [0.3, 0.4) is 0 Å². The molecule has 0 fully saturated rings. The minimum absolute atomic E-state index is 0.462. The zero-order valence-electron chi connectivity index (χ0n) is 16.3. The fraction of sp³-hybridized carbons (Fsp3) is 0.400. The van der Waals surface area contributed by atoms with Crippen molar-refractivity contribution in [2.45, 2.75) is 44.8 Å². The first-order valence-electron chi connectivity index (χ1n) is 9.24. The third-order valence-electron chi connectivity index (χ3n) is 4.85. The van der Waals surface area contributed by atoms with E-state index in [2.05, 4.69) is 21.6 Å². The molecule has 0 aliphatic heterocycles. The van der Waals surface area contributed by atoms with E-state index in [0.717, 1.165) is 35.1 Å². The van der Waals surface area contributed by atoms with Gasteiger partial charge in [-0.3, -0.25) is 9.44 Å². The van der Waals surface area contributed by atoms with Crippen LogP contribution in [0, 0.1) is 0 Å². The zero-order valence-corrected chi connectivity index (χ0v) is 18.0. The SMILES string of the molecule is CC(C)S(=O)(=O)NC1=C2CC=C(Cc3cccc(NS(C)(=O)=O)c3)C=C2CC1. The van der Waals surface area contributed by atoms with Crippen LogP contribution in [0.5, 0.6) is 0 Å². The highest BCUT2D eigenvalue weighted by Crippen LogP contribution is 2.37. The van der Waals surface area contributed by atoms with Crippen LogP contribution in [-0.2, 0) is 26.5 Å². The number of benzene rings is 1. The summed E-state index contributed by atoms with van der Waals surface area (Å²) >= 11 is 0. The molecular weight excluding hydrogens is 396 g/mol. The van der Waals surface area contributed by atoms with E-state index in [1.54, 1.807) is 19.9 Å².